The molecule has 0 spiro atoms. The first-order chi connectivity index (χ1) is 11.8. The zero-order chi connectivity index (χ0) is 18.4. The fraction of sp³-hybridized carbons (Fsp3) is 0.222. The van der Waals surface area contributed by atoms with Crippen molar-refractivity contribution in [3.63, 3.8) is 0 Å². The molecule has 2 N–H and O–H groups in total. The van der Waals surface area contributed by atoms with Gasteiger partial charge in [-0.05, 0) is 24.1 Å². The molecule has 0 atom stereocenters. The predicted molar refractivity (Wildman–Crippen MR) is 87.9 cm³/mol. The summed E-state index contributed by atoms with van der Waals surface area (Å²) in [5, 5.41) is 4.46. The van der Waals surface area contributed by atoms with Crippen LogP contribution in [-0.4, -0.2) is 18.0 Å². The Hall–Kier alpha value is -2.83. The minimum Gasteiger partial charge on any atom is -0.352 e. The number of rotatable bonds is 5. The lowest BCUT2D eigenvalue weighted by Gasteiger charge is -2.13. The van der Waals surface area contributed by atoms with Crippen molar-refractivity contribution in [2.24, 2.45) is 0 Å². The summed E-state index contributed by atoms with van der Waals surface area (Å²) in [5.41, 5.74) is 2.28. The Morgan fingerprint density at radius 2 is 1.76 bits per heavy atom. The topological polar surface area (TPSA) is 58.2 Å². The van der Waals surface area contributed by atoms with Crippen LogP contribution in [0.2, 0.25) is 0 Å². The highest BCUT2D eigenvalue weighted by molar-refractivity contribution is 5.95. The third-order valence-electron chi connectivity index (χ3n) is 3.45. The predicted octanol–water partition coefficient (Wildman–Crippen LogP) is 3.35. The second-order valence-electron chi connectivity index (χ2n) is 5.55. The molecule has 0 saturated carbocycles. The van der Waals surface area contributed by atoms with Gasteiger partial charge in [0.15, 0.2) is 0 Å². The van der Waals surface area contributed by atoms with Gasteiger partial charge in [-0.3, -0.25) is 9.59 Å². The quantitative estimate of drug-likeness (QED) is 0.869. The molecule has 0 bridgehead atoms. The van der Waals surface area contributed by atoms with Crippen molar-refractivity contribution in [2.45, 2.75) is 26.1 Å². The van der Waals surface area contributed by atoms with E-state index in [2.05, 4.69) is 5.32 Å². The molecule has 2 rings (SSSR count). The lowest BCUT2D eigenvalue weighted by molar-refractivity contribution is -0.167. The van der Waals surface area contributed by atoms with Crippen LogP contribution in [-0.2, 0) is 22.6 Å². The molecule has 2 aromatic rings. The number of halogens is 3. The minimum atomic E-state index is -4.97. The largest absolute Gasteiger partial charge is 0.471 e. The molecular formula is C18H17F3N2O2. The molecule has 7 heteroatoms. The van der Waals surface area contributed by atoms with E-state index in [0.717, 1.165) is 11.1 Å². The van der Waals surface area contributed by atoms with Gasteiger partial charge in [0, 0.05) is 12.2 Å². The van der Waals surface area contributed by atoms with Crippen LogP contribution in [0.4, 0.5) is 18.9 Å². The third kappa shape index (κ3) is 5.63. The third-order valence-corrected chi connectivity index (χ3v) is 3.45. The van der Waals surface area contributed by atoms with Crippen LogP contribution < -0.4 is 10.6 Å². The number of nitrogens with one attached hydrogen (secondary N) is 2. The molecule has 0 unspecified atom stereocenters. The molecule has 0 aromatic heterocycles. The number of aryl methyl sites for hydroxylation is 1. The van der Waals surface area contributed by atoms with Crippen molar-refractivity contribution in [1.82, 2.24) is 5.32 Å². The van der Waals surface area contributed by atoms with Gasteiger partial charge in [0.1, 0.15) is 0 Å². The maximum Gasteiger partial charge on any atom is 0.471 e. The molecule has 4 nitrogen and oxygen atoms in total. The van der Waals surface area contributed by atoms with Gasteiger partial charge in [-0.15, -0.1) is 0 Å². The number of carbonyl (C=O) groups excluding carboxylic acids is 2. The summed E-state index contributed by atoms with van der Waals surface area (Å²) in [7, 11) is 0. The molecule has 0 aliphatic rings. The summed E-state index contributed by atoms with van der Waals surface area (Å²) >= 11 is 0. The van der Waals surface area contributed by atoms with Gasteiger partial charge in [0.2, 0.25) is 5.91 Å². The van der Waals surface area contributed by atoms with Gasteiger partial charge in [-0.25, -0.2) is 0 Å². The molecule has 2 amide bonds. The average Bonchev–Trinajstić information content (AvgIpc) is 2.53. The fourth-order valence-electron chi connectivity index (χ4n) is 2.25. The Bertz CT molecular complexity index is 773. The Kier molecular flexibility index (Phi) is 5.80. The van der Waals surface area contributed by atoms with E-state index in [1.807, 2.05) is 36.5 Å². The van der Waals surface area contributed by atoms with Crippen LogP contribution in [0.5, 0.6) is 0 Å². The maximum absolute atomic E-state index is 12.4. The highest BCUT2D eigenvalue weighted by atomic mass is 19.4. The van der Waals surface area contributed by atoms with Crippen LogP contribution in [0.1, 0.15) is 16.7 Å². The molecule has 0 aliphatic carbocycles. The summed E-state index contributed by atoms with van der Waals surface area (Å²) < 4.78 is 37.1. The zero-order valence-electron chi connectivity index (χ0n) is 13.5. The van der Waals surface area contributed by atoms with E-state index < -0.39 is 12.1 Å². The summed E-state index contributed by atoms with van der Waals surface area (Å²) in [4.78, 5) is 23.1. The van der Waals surface area contributed by atoms with Crippen molar-refractivity contribution < 1.29 is 22.8 Å². The van der Waals surface area contributed by atoms with Crippen LogP contribution in [0.3, 0.4) is 0 Å². The lowest BCUT2D eigenvalue weighted by Crippen LogP contribution is -2.31. The molecule has 132 valence electrons. The Morgan fingerprint density at radius 3 is 2.44 bits per heavy atom. The SMILES string of the molecule is Cc1cccc(CC(=O)NCc2ccccc2NC(=O)C(F)(F)F)c1. The first-order valence-corrected chi connectivity index (χ1v) is 7.54. The van der Waals surface area contributed by atoms with Crippen LogP contribution in [0, 0.1) is 6.92 Å². The highest BCUT2D eigenvalue weighted by Gasteiger charge is 2.38. The maximum atomic E-state index is 12.4. The van der Waals surface area contributed by atoms with E-state index in [0.29, 0.717) is 5.56 Å². The van der Waals surface area contributed by atoms with Crippen molar-refractivity contribution >= 4 is 17.5 Å². The fourth-order valence-corrected chi connectivity index (χ4v) is 2.25. The first-order valence-electron chi connectivity index (χ1n) is 7.54. The number of hydrogen-bond acceptors (Lipinski definition) is 2. The molecule has 0 radical (unpaired) electrons. The minimum absolute atomic E-state index is 0.0129. The zero-order valence-corrected chi connectivity index (χ0v) is 13.5. The number of amides is 2. The van der Waals surface area contributed by atoms with Crippen LogP contribution in [0.15, 0.2) is 48.5 Å². The van der Waals surface area contributed by atoms with E-state index in [1.165, 1.54) is 12.1 Å². The van der Waals surface area contributed by atoms with E-state index in [9.17, 15) is 22.8 Å². The Balaban J connectivity index is 1.98. The van der Waals surface area contributed by atoms with Gasteiger partial charge in [0.25, 0.3) is 0 Å². The van der Waals surface area contributed by atoms with E-state index >= 15 is 0 Å². The molecule has 25 heavy (non-hydrogen) atoms. The summed E-state index contributed by atoms with van der Waals surface area (Å²) in [6.07, 6.45) is -4.81. The lowest BCUT2D eigenvalue weighted by atomic mass is 10.1. The Labute approximate surface area is 143 Å². The number of benzene rings is 2. The van der Waals surface area contributed by atoms with Crippen molar-refractivity contribution in [3.8, 4) is 0 Å². The highest BCUT2D eigenvalue weighted by Crippen LogP contribution is 2.21. The van der Waals surface area contributed by atoms with Crippen LogP contribution in [0.25, 0.3) is 0 Å². The van der Waals surface area contributed by atoms with E-state index in [-0.39, 0.29) is 24.6 Å². The summed E-state index contributed by atoms with van der Waals surface area (Å²) in [6.45, 7) is 1.93. The number of hydrogen-bond donors (Lipinski definition) is 2. The molecular weight excluding hydrogens is 333 g/mol. The van der Waals surface area contributed by atoms with E-state index in [4.69, 9.17) is 0 Å². The molecule has 0 saturated heterocycles. The van der Waals surface area contributed by atoms with Gasteiger partial charge in [0.05, 0.1) is 6.42 Å². The number of carbonyl (C=O) groups is 2. The molecule has 0 fully saturated rings. The van der Waals surface area contributed by atoms with E-state index in [1.54, 1.807) is 12.1 Å². The van der Waals surface area contributed by atoms with Gasteiger partial charge >= 0.3 is 12.1 Å². The Morgan fingerprint density at radius 1 is 1.04 bits per heavy atom. The normalized spacial score (nSPS) is 11.0. The molecule has 0 aliphatic heterocycles. The second-order valence-corrected chi connectivity index (χ2v) is 5.55. The number of para-hydroxylation sites is 1. The van der Waals surface area contributed by atoms with Crippen molar-refractivity contribution in [1.29, 1.82) is 0 Å². The van der Waals surface area contributed by atoms with Crippen molar-refractivity contribution in [3.05, 3.63) is 65.2 Å². The van der Waals surface area contributed by atoms with Gasteiger partial charge in [-0.2, -0.15) is 13.2 Å². The summed E-state index contributed by atoms with van der Waals surface area (Å²) in [6, 6.07) is 13.5. The number of anilines is 1. The van der Waals surface area contributed by atoms with Crippen LogP contribution >= 0.6 is 0 Å². The number of alkyl halides is 3. The molecule has 0 heterocycles. The first kappa shape index (κ1) is 18.5. The summed E-state index contributed by atoms with van der Waals surface area (Å²) in [5.74, 6) is -2.31. The van der Waals surface area contributed by atoms with Crippen molar-refractivity contribution in [2.75, 3.05) is 5.32 Å². The standard InChI is InChI=1S/C18H17F3N2O2/c1-12-5-4-6-13(9-12)10-16(24)22-11-14-7-2-3-8-15(14)23-17(25)18(19,20)21/h2-9H,10-11H2,1H3,(H,22,24)(H,23,25). The van der Waals surface area contributed by atoms with Gasteiger partial charge < -0.3 is 10.6 Å². The molecule has 2 aromatic carbocycles. The monoisotopic (exact) mass is 350 g/mol. The smallest absolute Gasteiger partial charge is 0.352 e. The second kappa shape index (κ2) is 7.83. The average molecular weight is 350 g/mol. The van der Waals surface area contributed by atoms with Gasteiger partial charge in [-0.1, -0.05) is 48.0 Å².